The number of rotatable bonds is 4. The summed E-state index contributed by atoms with van der Waals surface area (Å²) in [7, 11) is 3.57. The van der Waals surface area contributed by atoms with Gasteiger partial charge in [-0.25, -0.2) is 0 Å². The van der Waals surface area contributed by atoms with E-state index in [-0.39, 0.29) is 0 Å². The lowest BCUT2D eigenvalue weighted by molar-refractivity contribution is 0.416. The number of benzene rings is 1. The lowest BCUT2D eigenvalue weighted by Gasteiger charge is -2.04. The molecule has 0 spiro atoms. The topological polar surface area (TPSA) is 49.9 Å². The van der Waals surface area contributed by atoms with Gasteiger partial charge in [0, 0.05) is 17.8 Å². The number of hydrogen-bond donors (Lipinski definition) is 2. The number of hydrogen-bond acceptors (Lipinski definition) is 3. The van der Waals surface area contributed by atoms with E-state index in [1.165, 1.54) is 0 Å². The van der Waals surface area contributed by atoms with Crippen LogP contribution in [0.4, 0.5) is 0 Å². The predicted octanol–water partition coefficient (Wildman–Crippen LogP) is 1.80. The van der Waals surface area contributed by atoms with Crippen LogP contribution in [0.5, 0.6) is 5.75 Å². The highest BCUT2D eigenvalue weighted by Crippen LogP contribution is 2.28. The Morgan fingerprint density at radius 1 is 1.38 bits per heavy atom. The SMILES string of the molecule is CNCc1cc(-c2ccccc2OC)n[nH]1. The van der Waals surface area contributed by atoms with Gasteiger partial charge in [0.05, 0.1) is 12.8 Å². The minimum atomic E-state index is 0.780. The number of aromatic amines is 1. The summed E-state index contributed by atoms with van der Waals surface area (Å²) in [5.41, 5.74) is 2.97. The van der Waals surface area contributed by atoms with Gasteiger partial charge in [-0.2, -0.15) is 5.10 Å². The van der Waals surface area contributed by atoms with Crippen LogP contribution in [-0.4, -0.2) is 24.4 Å². The van der Waals surface area contributed by atoms with Gasteiger partial charge in [0.25, 0.3) is 0 Å². The van der Waals surface area contributed by atoms with Gasteiger partial charge in [0.2, 0.25) is 0 Å². The van der Waals surface area contributed by atoms with Crippen LogP contribution in [-0.2, 0) is 6.54 Å². The van der Waals surface area contributed by atoms with E-state index < -0.39 is 0 Å². The van der Waals surface area contributed by atoms with Crippen molar-refractivity contribution in [3.05, 3.63) is 36.0 Å². The molecule has 1 heterocycles. The van der Waals surface area contributed by atoms with Gasteiger partial charge in [-0.05, 0) is 25.2 Å². The molecule has 2 aromatic rings. The molecule has 0 aliphatic carbocycles. The molecule has 0 atom stereocenters. The normalized spacial score (nSPS) is 10.4. The lowest BCUT2D eigenvalue weighted by Crippen LogP contribution is -2.04. The quantitative estimate of drug-likeness (QED) is 0.821. The largest absolute Gasteiger partial charge is 0.496 e. The van der Waals surface area contributed by atoms with Crippen molar-refractivity contribution in [3.63, 3.8) is 0 Å². The Morgan fingerprint density at radius 2 is 2.19 bits per heavy atom. The Hall–Kier alpha value is -1.81. The summed E-state index contributed by atoms with van der Waals surface area (Å²) in [5.74, 6) is 0.838. The van der Waals surface area contributed by atoms with E-state index in [4.69, 9.17) is 4.74 Å². The molecule has 1 aromatic heterocycles. The van der Waals surface area contributed by atoms with Crippen molar-refractivity contribution in [1.82, 2.24) is 15.5 Å². The van der Waals surface area contributed by atoms with E-state index in [2.05, 4.69) is 15.5 Å². The molecule has 16 heavy (non-hydrogen) atoms. The second kappa shape index (κ2) is 4.81. The monoisotopic (exact) mass is 217 g/mol. The van der Waals surface area contributed by atoms with Crippen LogP contribution in [0.25, 0.3) is 11.3 Å². The molecule has 0 saturated heterocycles. The Bertz CT molecular complexity index is 465. The standard InChI is InChI=1S/C12H15N3O/c1-13-8-9-7-11(15-14-9)10-5-3-4-6-12(10)16-2/h3-7,13H,8H2,1-2H3,(H,14,15). The zero-order valence-electron chi connectivity index (χ0n) is 9.45. The number of nitrogens with zero attached hydrogens (tertiary/aromatic N) is 1. The van der Waals surface area contributed by atoms with Crippen molar-refractivity contribution in [2.75, 3.05) is 14.2 Å². The molecular weight excluding hydrogens is 202 g/mol. The van der Waals surface area contributed by atoms with Crippen LogP contribution in [0.2, 0.25) is 0 Å². The first kappa shape index (κ1) is 10.7. The molecular formula is C12H15N3O. The highest BCUT2D eigenvalue weighted by atomic mass is 16.5. The molecule has 4 heteroatoms. The average molecular weight is 217 g/mol. The maximum atomic E-state index is 5.30. The molecule has 0 aliphatic rings. The number of ether oxygens (including phenoxy) is 1. The van der Waals surface area contributed by atoms with Gasteiger partial charge >= 0.3 is 0 Å². The van der Waals surface area contributed by atoms with Crippen molar-refractivity contribution in [2.24, 2.45) is 0 Å². The molecule has 2 N–H and O–H groups in total. The van der Waals surface area contributed by atoms with Crippen molar-refractivity contribution >= 4 is 0 Å². The first-order valence-electron chi connectivity index (χ1n) is 5.17. The van der Waals surface area contributed by atoms with Crippen LogP contribution < -0.4 is 10.1 Å². The van der Waals surface area contributed by atoms with Crippen molar-refractivity contribution in [1.29, 1.82) is 0 Å². The van der Waals surface area contributed by atoms with Crippen LogP contribution in [0.3, 0.4) is 0 Å². The third kappa shape index (κ3) is 2.06. The Morgan fingerprint density at radius 3 is 2.94 bits per heavy atom. The highest BCUT2D eigenvalue weighted by molar-refractivity contribution is 5.67. The summed E-state index contributed by atoms with van der Waals surface area (Å²) in [5, 5.41) is 10.3. The number of nitrogens with one attached hydrogen (secondary N) is 2. The molecule has 1 aromatic carbocycles. The summed E-state index contributed by atoms with van der Waals surface area (Å²) in [6.45, 7) is 0.780. The van der Waals surface area contributed by atoms with Gasteiger partial charge in [0.15, 0.2) is 0 Å². The van der Waals surface area contributed by atoms with Gasteiger partial charge in [-0.3, -0.25) is 5.10 Å². The summed E-state index contributed by atoms with van der Waals surface area (Å²) in [6, 6.07) is 9.88. The summed E-state index contributed by atoms with van der Waals surface area (Å²) in [6.07, 6.45) is 0. The Balaban J connectivity index is 2.34. The van der Waals surface area contributed by atoms with Crippen LogP contribution in [0, 0.1) is 0 Å². The number of aromatic nitrogens is 2. The second-order valence-electron chi connectivity index (χ2n) is 3.51. The van der Waals surface area contributed by atoms with Crippen LogP contribution >= 0.6 is 0 Å². The summed E-state index contributed by atoms with van der Waals surface area (Å²) in [4.78, 5) is 0. The maximum absolute atomic E-state index is 5.30. The Kier molecular flexibility index (Phi) is 3.22. The first-order valence-corrected chi connectivity index (χ1v) is 5.17. The molecule has 0 radical (unpaired) electrons. The van der Waals surface area contributed by atoms with Gasteiger partial charge in [-0.1, -0.05) is 12.1 Å². The zero-order chi connectivity index (χ0) is 11.4. The molecule has 0 saturated carbocycles. The highest BCUT2D eigenvalue weighted by Gasteiger charge is 2.08. The minimum absolute atomic E-state index is 0.780. The van der Waals surface area contributed by atoms with E-state index in [9.17, 15) is 0 Å². The molecule has 84 valence electrons. The molecule has 0 bridgehead atoms. The smallest absolute Gasteiger partial charge is 0.128 e. The van der Waals surface area contributed by atoms with E-state index in [0.29, 0.717) is 0 Å². The average Bonchev–Trinajstić information content (AvgIpc) is 2.78. The molecule has 0 amide bonds. The molecule has 0 aliphatic heterocycles. The third-order valence-electron chi connectivity index (χ3n) is 2.38. The van der Waals surface area contributed by atoms with Gasteiger partial charge in [-0.15, -0.1) is 0 Å². The molecule has 4 nitrogen and oxygen atoms in total. The minimum Gasteiger partial charge on any atom is -0.496 e. The maximum Gasteiger partial charge on any atom is 0.128 e. The molecule has 0 fully saturated rings. The summed E-state index contributed by atoms with van der Waals surface area (Å²) < 4.78 is 5.30. The van der Waals surface area contributed by atoms with Gasteiger partial charge in [0.1, 0.15) is 5.75 Å². The summed E-state index contributed by atoms with van der Waals surface area (Å²) >= 11 is 0. The van der Waals surface area contributed by atoms with Crippen LogP contribution in [0.15, 0.2) is 30.3 Å². The van der Waals surface area contributed by atoms with Gasteiger partial charge < -0.3 is 10.1 Å². The fourth-order valence-electron chi connectivity index (χ4n) is 1.64. The second-order valence-corrected chi connectivity index (χ2v) is 3.51. The van der Waals surface area contributed by atoms with E-state index in [1.807, 2.05) is 37.4 Å². The fraction of sp³-hybridized carbons (Fsp3) is 0.250. The number of H-pyrrole nitrogens is 1. The van der Waals surface area contributed by atoms with Crippen molar-refractivity contribution in [3.8, 4) is 17.0 Å². The molecule has 2 rings (SSSR count). The van der Waals surface area contributed by atoms with Crippen LogP contribution in [0.1, 0.15) is 5.69 Å². The third-order valence-corrected chi connectivity index (χ3v) is 2.38. The Labute approximate surface area is 94.6 Å². The zero-order valence-corrected chi connectivity index (χ0v) is 9.45. The fourth-order valence-corrected chi connectivity index (χ4v) is 1.64. The van der Waals surface area contributed by atoms with E-state index in [1.54, 1.807) is 7.11 Å². The predicted molar refractivity (Wildman–Crippen MR) is 63.3 cm³/mol. The van der Waals surface area contributed by atoms with Crippen molar-refractivity contribution < 1.29 is 4.74 Å². The number of para-hydroxylation sites is 1. The lowest BCUT2D eigenvalue weighted by atomic mass is 10.1. The van der Waals surface area contributed by atoms with E-state index in [0.717, 1.165) is 29.2 Å². The van der Waals surface area contributed by atoms with E-state index >= 15 is 0 Å². The first-order chi connectivity index (χ1) is 7.85. The number of methoxy groups -OCH3 is 1. The molecule has 0 unspecified atom stereocenters. The van der Waals surface area contributed by atoms with Crippen molar-refractivity contribution in [2.45, 2.75) is 6.54 Å².